The number of rotatable bonds is 5. The molecule has 88 valence electrons. The zero-order valence-electron chi connectivity index (χ0n) is 9.53. The number of aliphatic hydroxyl groups excluding tert-OH is 1. The second-order valence-electron chi connectivity index (χ2n) is 4.37. The van der Waals surface area contributed by atoms with Gasteiger partial charge in [-0.25, -0.2) is 0 Å². The minimum absolute atomic E-state index is 0.227. The molecule has 2 N–H and O–H groups in total. The van der Waals surface area contributed by atoms with E-state index in [-0.39, 0.29) is 12.0 Å². The van der Waals surface area contributed by atoms with Gasteiger partial charge in [0.2, 0.25) is 0 Å². The van der Waals surface area contributed by atoms with Crippen LogP contribution in [-0.4, -0.2) is 36.4 Å². The zero-order valence-corrected chi connectivity index (χ0v) is 9.53. The molecule has 0 saturated carbocycles. The number of nitrogens with one attached hydrogen (secondary N) is 1. The van der Waals surface area contributed by atoms with Gasteiger partial charge >= 0.3 is 5.97 Å². The Kier molecular flexibility index (Phi) is 5.05. The van der Waals surface area contributed by atoms with Gasteiger partial charge in [-0.3, -0.25) is 4.79 Å². The standard InChI is InChI=1S/C11H21NO3/c1-3-4-8(2)7-15-11(14)10-5-9(13)6-12-10/h8-10,12-13H,3-7H2,1-2H3/t8?,9?,10-/m0/s1. The van der Waals surface area contributed by atoms with Crippen molar-refractivity contribution in [3.63, 3.8) is 0 Å². The first-order chi connectivity index (χ1) is 7.13. The molecule has 0 bridgehead atoms. The van der Waals surface area contributed by atoms with Crippen LogP contribution in [0.5, 0.6) is 0 Å². The highest BCUT2D eigenvalue weighted by Crippen LogP contribution is 2.10. The number of β-amino-alcohol motifs (C(OH)–C–C–N with tert-alkyl or cyclic N) is 1. The number of aliphatic hydroxyl groups is 1. The van der Waals surface area contributed by atoms with Gasteiger partial charge in [-0.2, -0.15) is 0 Å². The molecule has 0 aromatic heterocycles. The molecule has 4 heteroatoms. The summed E-state index contributed by atoms with van der Waals surface area (Å²) < 4.78 is 5.18. The molecule has 3 atom stereocenters. The predicted octanol–water partition coefficient (Wildman–Crippen LogP) is 0.689. The van der Waals surface area contributed by atoms with Gasteiger partial charge in [-0.1, -0.05) is 20.3 Å². The second kappa shape index (κ2) is 6.08. The van der Waals surface area contributed by atoms with Gasteiger partial charge in [0.1, 0.15) is 6.04 Å². The maximum absolute atomic E-state index is 11.5. The summed E-state index contributed by atoms with van der Waals surface area (Å²) in [4.78, 5) is 11.5. The Hall–Kier alpha value is -0.610. The molecule has 1 fully saturated rings. The van der Waals surface area contributed by atoms with Crippen LogP contribution in [0.25, 0.3) is 0 Å². The van der Waals surface area contributed by atoms with Crippen molar-refractivity contribution in [2.75, 3.05) is 13.2 Å². The van der Waals surface area contributed by atoms with Gasteiger partial charge in [0.05, 0.1) is 12.7 Å². The number of carbonyl (C=O) groups excluding carboxylic acids is 1. The topological polar surface area (TPSA) is 58.6 Å². The monoisotopic (exact) mass is 215 g/mol. The van der Waals surface area contributed by atoms with Gasteiger partial charge in [0.25, 0.3) is 0 Å². The Balaban J connectivity index is 2.18. The highest BCUT2D eigenvalue weighted by molar-refractivity contribution is 5.76. The molecule has 15 heavy (non-hydrogen) atoms. The summed E-state index contributed by atoms with van der Waals surface area (Å²) in [6, 6.07) is -0.311. The van der Waals surface area contributed by atoms with E-state index in [1.54, 1.807) is 0 Å². The third kappa shape index (κ3) is 4.18. The lowest BCUT2D eigenvalue weighted by molar-refractivity contribution is -0.147. The van der Waals surface area contributed by atoms with Crippen molar-refractivity contribution in [1.82, 2.24) is 5.32 Å². The average Bonchev–Trinajstić information content (AvgIpc) is 2.62. The van der Waals surface area contributed by atoms with Crippen LogP contribution in [0.2, 0.25) is 0 Å². The fourth-order valence-electron chi connectivity index (χ4n) is 1.80. The van der Waals surface area contributed by atoms with Crippen LogP contribution in [0.1, 0.15) is 33.1 Å². The summed E-state index contributed by atoms with van der Waals surface area (Å²) in [6.45, 7) is 5.17. The highest BCUT2D eigenvalue weighted by Gasteiger charge is 2.29. The Morgan fingerprint density at radius 2 is 2.40 bits per heavy atom. The summed E-state index contributed by atoms with van der Waals surface area (Å²) in [5, 5.41) is 12.2. The van der Waals surface area contributed by atoms with Crippen molar-refractivity contribution in [3.8, 4) is 0 Å². The normalized spacial score (nSPS) is 27.7. The van der Waals surface area contributed by atoms with E-state index < -0.39 is 6.10 Å². The smallest absolute Gasteiger partial charge is 0.323 e. The van der Waals surface area contributed by atoms with Gasteiger partial charge in [-0.15, -0.1) is 0 Å². The van der Waals surface area contributed by atoms with E-state index in [4.69, 9.17) is 4.74 Å². The lowest BCUT2D eigenvalue weighted by Gasteiger charge is -2.13. The Morgan fingerprint density at radius 1 is 1.67 bits per heavy atom. The predicted molar refractivity (Wildman–Crippen MR) is 57.4 cm³/mol. The Labute approximate surface area is 91.0 Å². The van der Waals surface area contributed by atoms with E-state index in [0.717, 1.165) is 12.8 Å². The Bertz CT molecular complexity index is 208. The van der Waals surface area contributed by atoms with Crippen molar-refractivity contribution < 1.29 is 14.6 Å². The molecule has 1 heterocycles. The molecule has 1 aliphatic heterocycles. The zero-order chi connectivity index (χ0) is 11.3. The van der Waals surface area contributed by atoms with Crippen LogP contribution in [0, 0.1) is 5.92 Å². The molecule has 0 amide bonds. The SMILES string of the molecule is CCCC(C)COC(=O)[C@@H]1CC(O)CN1. The van der Waals surface area contributed by atoms with Crippen molar-refractivity contribution in [2.45, 2.75) is 45.3 Å². The molecular weight excluding hydrogens is 194 g/mol. The molecule has 0 spiro atoms. The second-order valence-corrected chi connectivity index (χ2v) is 4.37. The van der Waals surface area contributed by atoms with Crippen LogP contribution < -0.4 is 5.32 Å². The van der Waals surface area contributed by atoms with E-state index in [1.807, 2.05) is 0 Å². The van der Waals surface area contributed by atoms with Crippen molar-refractivity contribution in [2.24, 2.45) is 5.92 Å². The van der Waals surface area contributed by atoms with Crippen molar-refractivity contribution in [3.05, 3.63) is 0 Å². The molecular formula is C11H21NO3. The lowest BCUT2D eigenvalue weighted by atomic mass is 10.1. The molecule has 0 radical (unpaired) electrons. The van der Waals surface area contributed by atoms with Gasteiger partial charge in [0.15, 0.2) is 0 Å². The molecule has 1 rings (SSSR count). The van der Waals surface area contributed by atoms with Crippen LogP contribution >= 0.6 is 0 Å². The minimum Gasteiger partial charge on any atom is -0.464 e. The maximum Gasteiger partial charge on any atom is 0.323 e. The summed E-state index contributed by atoms with van der Waals surface area (Å²) in [7, 11) is 0. The lowest BCUT2D eigenvalue weighted by Crippen LogP contribution is -2.33. The first kappa shape index (κ1) is 12.5. The number of hydrogen-bond donors (Lipinski definition) is 2. The number of ether oxygens (including phenoxy) is 1. The fourth-order valence-corrected chi connectivity index (χ4v) is 1.80. The summed E-state index contributed by atoms with van der Waals surface area (Å²) >= 11 is 0. The van der Waals surface area contributed by atoms with E-state index in [0.29, 0.717) is 25.5 Å². The highest BCUT2D eigenvalue weighted by atomic mass is 16.5. The number of carbonyl (C=O) groups is 1. The quantitative estimate of drug-likeness (QED) is 0.662. The largest absolute Gasteiger partial charge is 0.464 e. The Morgan fingerprint density at radius 3 is 2.93 bits per heavy atom. The molecule has 0 aliphatic carbocycles. The molecule has 2 unspecified atom stereocenters. The third-order valence-electron chi connectivity index (χ3n) is 2.68. The molecule has 1 saturated heterocycles. The van der Waals surface area contributed by atoms with Crippen molar-refractivity contribution in [1.29, 1.82) is 0 Å². The third-order valence-corrected chi connectivity index (χ3v) is 2.68. The number of hydrogen-bond acceptors (Lipinski definition) is 4. The maximum atomic E-state index is 11.5. The molecule has 1 aliphatic rings. The first-order valence-corrected chi connectivity index (χ1v) is 5.71. The minimum atomic E-state index is -0.407. The van der Waals surface area contributed by atoms with Crippen LogP contribution in [0.4, 0.5) is 0 Å². The summed E-state index contributed by atoms with van der Waals surface area (Å²) in [6.07, 6.45) is 2.25. The van der Waals surface area contributed by atoms with E-state index in [1.165, 1.54) is 0 Å². The number of esters is 1. The van der Waals surface area contributed by atoms with Crippen LogP contribution in [0.3, 0.4) is 0 Å². The van der Waals surface area contributed by atoms with Gasteiger partial charge < -0.3 is 15.2 Å². The first-order valence-electron chi connectivity index (χ1n) is 5.71. The van der Waals surface area contributed by atoms with Crippen molar-refractivity contribution >= 4 is 5.97 Å². The fraction of sp³-hybridized carbons (Fsp3) is 0.909. The molecule has 0 aromatic carbocycles. The van der Waals surface area contributed by atoms with Gasteiger partial charge in [-0.05, 0) is 12.3 Å². The molecule has 4 nitrogen and oxygen atoms in total. The van der Waals surface area contributed by atoms with Crippen LogP contribution in [-0.2, 0) is 9.53 Å². The molecule has 0 aromatic rings. The van der Waals surface area contributed by atoms with E-state index in [2.05, 4.69) is 19.2 Å². The summed E-state index contributed by atoms with van der Waals surface area (Å²) in [5.74, 6) is 0.194. The van der Waals surface area contributed by atoms with Crippen LogP contribution in [0.15, 0.2) is 0 Å². The van der Waals surface area contributed by atoms with Gasteiger partial charge in [0, 0.05) is 13.0 Å². The van der Waals surface area contributed by atoms with E-state index >= 15 is 0 Å². The summed E-state index contributed by atoms with van der Waals surface area (Å²) in [5.41, 5.74) is 0. The van der Waals surface area contributed by atoms with E-state index in [9.17, 15) is 9.90 Å². The average molecular weight is 215 g/mol.